The molecule has 0 spiro atoms. The summed E-state index contributed by atoms with van der Waals surface area (Å²) in [5, 5.41) is 0. The van der Waals surface area contributed by atoms with Crippen molar-refractivity contribution in [3.05, 3.63) is 161 Å². The summed E-state index contributed by atoms with van der Waals surface area (Å²) in [5.41, 5.74) is 4.82. The van der Waals surface area contributed by atoms with Gasteiger partial charge in [0.15, 0.2) is 0 Å². The van der Waals surface area contributed by atoms with E-state index < -0.39 is 30.5 Å². The van der Waals surface area contributed by atoms with Gasteiger partial charge in [0.05, 0.1) is 59.9 Å². The average molecular weight is 691 g/mol. The molecule has 0 amide bonds. The number of hydrogen-bond acceptors (Lipinski definition) is 8. The zero-order valence-corrected chi connectivity index (χ0v) is 29.4. The molecule has 266 valence electrons. The molecule has 1 aliphatic rings. The van der Waals surface area contributed by atoms with Crippen molar-refractivity contribution in [2.75, 3.05) is 27.9 Å². The molecule has 6 rings (SSSR count). The van der Waals surface area contributed by atoms with Crippen LogP contribution in [-0.4, -0.2) is 52.4 Å². The van der Waals surface area contributed by atoms with E-state index in [1.165, 1.54) is 0 Å². The third-order valence-corrected chi connectivity index (χ3v) is 8.92. The number of methoxy groups -OCH3 is 3. The molecule has 1 fully saturated rings. The van der Waals surface area contributed by atoms with E-state index in [1.807, 2.05) is 133 Å². The Morgan fingerprint density at radius 3 is 1.31 bits per heavy atom. The quantitative estimate of drug-likeness (QED) is 0.0969. The van der Waals surface area contributed by atoms with Gasteiger partial charge in [-0.25, -0.2) is 0 Å². The van der Waals surface area contributed by atoms with Gasteiger partial charge in [-0.3, -0.25) is 0 Å². The van der Waals surface area contributed by atoms with E-state index in [2.05, 4.69) is 0 Å². The van der Waals surface area contributed by atoms with E-state index in [0.717, 1.165) is 22.3 Å². The minimum atomic E-state index is -0.702. The van der Waals surface area contributed by atoms with Crippen molar-refractivity contribution in [2.24, 2.45) is 0 Å². The molecule has 8 heteroatoms. The molecule has 0 unspecified atom stereocenters. The molecule has 1 heterocycles. The molecular weight excluding hydrogens is 644 g/mol. The monoisotopic (exact) mass is 690 g/mol. The standard InChI is InChI=1S/C43H46O8/c1-44-35-24-36(45-2)39(37(25-35)46-3)41-43(50-29-34-22-14-7-15-23-34)42(49-28-33-20-12-6-13-21-33)40(48-27-32-18-10-5-11-19-32)38(51-41)30-47-26-31-16-8-4-9-17-31/h4-25,38,40-43H,26-30H2,1-3H3/t38-,40-,41-,42+,43+/m1/s1. The normalized spacial score (nSPS) is 20.1. The Labute approximate surface area is 300 Å². The van der Waals surface area contributed by atoms with Crippen LogP contribution in [0.3, 0.4) is 0 Å². The zero-order valence-electron chi connectivity index (χ0n) is 29.4. The average Bonchev–Trinajstić information content (AvgIpc) is 3.19. The second-order valence-electron chi connectivity index (χ2n) is 12.3. The largest absolute Gasteiger partial charge is 0.496 e. The van der Waals surface area contributed by atoms with Crippen molar-refractivity contribution in [3.63, 3.8) is 0 Å². The molecule has 5 atom stereocenters. The number of rotatable bonds is 17. The third-order valence-electron chi connectivity index (χ3n) is 8.92. The maximum Gasteiger partial charge on any atom is 0.132 e. The molecule has 0 bridgehead atoms. The van der Waals surface area contributed by atoms with Crippen molar-refractivity contribution in [1.29, 1.82) is 0 Å². The molecule has 0 saturated carbocycles. The predicted octanol–water partition coefficient (Wildman–Crippen LogP) is 8.13. The van der Waals surface area contributed by atoms with E-state index in [9.17, 15) is 0 Å². The highest BCUT2D eigenvalue weighted by atomic mass is 16.6. The topological polar surface area (TPSA) is 73.8 Å². The molecule has 5 aromatic carbocycles. The van der Waals surface area contributed by atoms with E-state index in [1.54, 1.807) is 21.3 Å². The van der Waals surface area contributed by atoms with Gasteiger partial charge in [-0.1, -0.05) is 121 Å². The Kier molecular flexibility index (Phi) is 13.1. The minimum absolute atomic E-state index is 0.238. The molecule has 0 aromatic heterocycles. The van der Waals surface area contributed by atoms with Crippen LogP contribution in [0, 0.1) is 0 Å². The number of benzene rings is 5. The summed E-state index contributed by atoms with van der Waals surface area (Å²) in [4.78, 5) is 0. The maximum atomic E-state index is 7.10. The highest BCUT2D eigenvalue weighted by Gasteiger charge is 2.50. The van der Waals surface area contributed by atoms with Gasteiger partial charge in [-0.2, -0.15) is 0 Å². The molecule has 1 aliphatic heterocycles. The molecule has 0 N–H and O–H groups in total. The van der Waals surface area contributed by atoms with E-state index >= 15 is 0 Å². The molecule has 1 saturated heterocycles. The van der Waals surface area contributed by atoms with Gasteiger partial charge in [0.2, 0.25) is 0 Å². The van der Waals surface area contributed by atoms with Crippen LogP contribution in [0.15, 0.2) is 133 Å². The second kappa shape index (κ2) is 18.5. The van der Waals surface area contributed by atoms with Gasteiger partial charge >= 0.3 is 0 Å². The Morgan fingerprint density at radius 2 is 0.882 bits per heavy atom. The fraction of sp³-hybridized carbons (Fsp3) is 0.302. The smallest absolute Gasteiger partial charge is 0.132 e. The van der Waals surface area contributed by atoms with Crippen LogP contribution < -0.4 is 14.2 Å². The van der Waals surface area contributed by atoms with Gasteiger partial charge in [-0.05, 0) is 22.3 Å². The first-order valence-corrected chi connectivity index (χ1v) is 17.2. The van der Waals surface area contributed by atoms with Gasteiger partial charge in [0, 0.05) is 12.1 Å². The highest BCUT2D eigenvalue weighted by Crippen LogP contribution is 2.46. The SMILES string of the molecule is COc1cc(OC)c([C@H]2O[C@H](COCc3ccccc3)[C@@H](OCc3ccccc3)[C@H](OCc3ccccc3)[C@H]2OCc2ccccc2)c(OC)c1. The lowest BCUT2D eigenvalue weighted by Crippen LogP contribution is -2.58. The first-order valence-electron chi connectivity index (χ1n) is 17.2. The molecule has 0 radical (unpaired) electrons. The summed E-state index contributed by atoms with van der Waals surface area (Å²) < 4.78 is 51.6. The Balaban J connectivity index is 1.42. The van der Waals surface area contributed by atoms with Crippen molar-refractivity contribution in [3.8, 4) is 17.2 Å². The van der Waals surface area contributed by atoms with Crippen molar-refractivity contribution >= 4 is 0 Å². The zero-order chi connectivity index (χ0) is 35.3. The van der Waals surface area contributed by atoms with Crippen molar-refractivity contribution in [1.82, 2.24) is 0 Å². The van der Waals surface area contributed by atoms with Crippen LogP contribution in [-0.2, 0) is 50.1 Å². The summed E-state index contributed by atoms with van der Waals surface area (Å²) >= 11 is 0. The summed E-state index contributed by atoms with van der Waals surface area (Å²) in [6.45, 7) is 1.65. The third kappa shape index (κ3) is 9.55. The number of hydrogen-bond donors (Lipinski definition) is 0. The molecule has 51 heavy (non-hydrogen) atoms. The second-order valence-corrected chi connectivity index (χ2v) is 12.3. The van der Waals surface area contributed by atoms with Gasteiger partial charge in [0.1, 0.15) is 47.8 Å². The van der Waals surface area contributed by atoms with E-state index in [0.29, 0.717) is 49.2 Å². The summed E-state index contributed by atoms with van der Waals surface area (Å²) in [6.07, 6.45) is -3.09. The van der Waals surface area contributed by atoms with Crippen LogP contribution in [0.25, 0.3) is 0 Å². The Bertz CT molecular complexity index is 1710. The fourth-order valence-corrected chi connectivity index (χ4v) is 6.33. The maximum absolute atomic E-state index is 7.10. The molecule has 8 nitrogen and oxygen atoms in total. The van der Waals surface area contributed by atoms with Gasteiger partial charge < -0.3 is 37.9 Å². The minimum Gasteiger partial charge on any atom is -0.496 e. The number of ether oxygens (including phenoxy) is 8. The first kappa shape index (κ1) is 36.1. The predicted molar refractivity (Wildman–Crippen MR) is 195 cm³/mol. The summed E-state index contributed by atoms with van der Waals surface area (Å²) in [6, 6.07) is 44.0. The van der Waals surface area contributed by atoms with Gasteiger partial charge in [0.25, 0.3) is 0 Å². The summed E-state index contributed by atoms with van der Waals surface area (Å²) in [5.74, 6) is 1.67. The highest BCUT2D eigenvalue weighted by molar-refractivity contribution is 5.52. The van der Waals surface area contributed by atoms with Crippen LogP contribution >= 0.6 is 0 Å². The fourth-order valence-electron chi connectivity index (χ4n) is 6.33. The lowest BCUT2D eigenvalue weighted by atomic mass is 9.89. The Hall–Kier alpha value is -4.70. The Morgan fingerprint density at radius 1 is 0.471 bits per heavy atom. The van der Waals surface area contributed by atoms with Crippen molar-refractivity contribution in [2.45, 2.75) is 56.9 Å². The van der Waals surface area contributed by atoms with E-state index in [4.69, 9.17) is 37.9 Å². The van der Waals surface area contributed by atoms with Gasteiger partial charge in [-0.15, -0.1) is 0 Å². The molecular formula is C43H46O8. The van der Waals surface area contributed by atoms with Crippen molar-refractivity contribution < 1.29 is 37.9 Å². The first-order chi connectivity index (χ1) is 25.2. The van der Waals surface area contributed by atoms with Crippen LogP contribution in [0.1, 0.15) is 33.9 Å². The van der Waals surface area contributed by atoms with Crippen LogP contribution in [0.2, 0.25) is 0 Å². The lowest BCUT2D eigenvalue weighted by Gasteiger charge is -2.46. The lowest BCUT2D eigenvalue weighted by molar-refractivity contribution is -0.275. The molecule has 0 aliphatic carbocycles. The van der Waals surface area contributed by atoms with Crippen LogP contribution in [0.5, 0.6) is 17.2 Å². The molecule has 5 aromatic rings. The summed E-state index contributed by atoms with van der Waals surface area (Å²) in [7, 11) is 4.85. The van der Waals surface area contributed by atoms with E-state index in [-0.39, 0.29) is 6.61 Å². The van der Waals surface area contributed by atoms with Crippen LogP contribution in [0.4, 0.5) is 0 Å².